The number of hydrogen-bond acceptors (Lipinski definition) is 4. The molecular weight excluding hydrogens is 265 g/mol. The predicted molar refractivity (Wildman–Crippen MR) is 58.2 cm³/mol. The van der Waals surface area contributed by atoms with E-state index in [-0.39, 0.29) is 17.1 Å². The van der Waals surface area contributed by atoms with Gasteiger partial charge in [0.2, 0.25) is 5.82 Å². The maximum absolute atomic E-state index is 12.4. The number of benzene rings is 1. The molecule has 0 saturated carbocycles. The zero-order chi connectivity index (χ0) is 14.2. The highest BCUT2D eigenvalue weighted by molar-refractivity contribution is 5.70. The van der Waals surface area contributed by atoms with Crippen LogP contribution < -0.4 is 0 Å². The van der Waals surface area contributed by atoms with Gasteiger partial charge in [-0.3, -0.25) is 15.2 Å². The zero-order valence-electron chi connectivity index (χ0n) is 9.52. The summed E-state index contributed by atoms with van der Waals surface area (Å²) in [7, 11) is 0. The molecule has 0 aliphatic heterocycles. The highest BCUT2D eigenvalue weighted by Gasteiger charge is 2.36. The number of para-hydroxylation sites is 1. The molecule has 1 heterocycles. The Kier molecular flexibility index (Phi) is 2.97. The number of aromatic amines is 1. The van der Waals surface area contributed by atoms with Crippen LogP contribution in [-0.2, 0) is 6.18 Å². The molecule has 0 aliphatic carbocycles. The van der Waals surface area contributed by atoms with Gasteiger partial charge in [0.25, 0.3) is 5.69 Å². The van der Waals surface area contributed by atoms with Crippen LogP contribution in [0.4, 0.5) is 18.9 Å². The zero-order valence-corrected chi connectivity index (χ0v) is 9.52. The molecule has 19 heavy (non-hydrogen) atoms. The van der Waals surface area contributed by atoms with Crippen molar-refractivity contribution in [3.63, 3.8) is 0 Å². The number of rotatable bonds is 2. The van der Waals surface area contributed by atoms with Crippen LogP contribution in [0.2, 0.25) is 0 Å². The van der Waals surface area contributed by atoms with E-state index in [0.29, 0.717) is 5.56 Å². The van der Waals surface area contributed by atoms with E-state index >= 15 is 0 Å². The largest absolute Gasteiger partial charge is 0.451 e. The number of nitro groups is 1. The molecule has 2 rings (SSSR count). The number of nitro benzene ring substituents is 1. The minimum atomic E-state index is -4.68. The monoisotopic (exact) mass is 272 g/mol. The molecule has 0 amide bonds. The van der Waals surface area contributed by atoms with Gasteiger partial charge in [-0.2, -0.15) is 18.3 Å². The number of nitrogens with one attached hydrogen (secondary N) is 1. The van der Waals surface area contributed by atoms with Gasteiger partial charge in [0.1, 0.15) is 0 Å². The van der Waals surface area contributed by atoms with E-state index in [2.05, 4.69) is 10.1 Å². The van der Waals surface area contributed by atoms with Gasteiger partial charge in [-0.1, -0.05) is 12.1 Å². The standard InChI is InChI=1S/C10H7F3N4O2/c1-5-3-2-4-6(7(5)17(18)19)8-14-9(16-15-8)10(11,12)13/h2-4H,1H3,(H,14,15,16). The Morgan fingerprint density at radius 1 is 1.37 bits per heavy atom. The average Bonchev–Trinajstić information content (AvgIpc) is 2.76. The predicted octanol–water partition coefficient (Wildman–Crippen LogP) is 2.71. The molecule has 6 nitrogen and oxygen atoms in total. The van der Waals surface area contributed by atoms with E-state index in [1.807, 2.05) is 0 Å². The Hall–Kier alpha value is -2.45. The minimum Gasteiger partial charge on any atom is -0.258 e. The summed E-state index contributed by atoms with van der Waals surface area (Å²) in [6.07, 6.45) is -4.68. The maximum atomic E-state index is 12.4. The fourth-order valence-corrected chi connectivity index (χ4v) is 1.59. The third-order valence-corrected chi connectivity index (χ3v) is 2.42. The minimum absolute atomic E-state index is 0.0586. The summed E-state index contributed by atoms with van der Waals surface area (Å²) in [5.74, 6) is -1.65. The van der Waals surface area contributed by atoms with E-state index in [4.69, 9.17) is 0 Å². The fraction of sp³-hybridized carbons (Fsp3) is 0.200. The third-order valence-electron chi connectivity index (χ3n) is 2.42. The number of aryl methyl sites for hydroxylation is 1. The Balaban J connectivity index is 2.57. The van der Waals surface area contributed by atoms with Crippen LogP contribution in [0.25, 0.3) is 11.4 Å². The van der Waals surface area contributed by atoms with Gasteiger partial charge in [0.05, 0.1) is 10.5 Å². The number of hydrogen-bond donors (Lipinski definition) is 1. The van der Waals surface area contributed by atoms with Crippen molar-refractivity contribution < 1.29 is 18.1 Å². The number of nitrogens with zero attached hydrogens (tertiary/aromatic N) is 3. The molecule has 0 fully saturated rings. The molecule has 9 heteroatoms. The molecule has 0 saturated heterocycles. The Morgan fingerprint density at radius 3 is 2.58 bits per heavy atom. The fourth-order valence-electron chi connectivity index (χ4n) is 1.59. The maximum Gasteiger partial charge on any atom is 0.451 e. The highest BCUT2D eigenvalue weighted by Crippen LogP contribution is 2.32. The van der Waals surface area contributed by atoms with Crippen LogP contribution >= 0.6 is 0 Å². The molecule has 1 aromatic carbocycles. The average molecular weight is 272 g/mol. The third kappa shape index (κ3) is 2.39. The summed E-state index contributed by atoms with van der Waals surface area (Å²) in [5, 5.41) is 16.0. The lowest BCUT2D eigenvalue weighted by molar-refractivity contribution is -0.384. The molecule has 0 atom stereocenters. The van der Waals surface area contributed by atoms with E-state index in [0.717, 1.165) is 0 Å². The molecule has 2 aromatic rings. The van der Waals surface area contributed by atoms with Gasteiger partial charge >= 0.3 is 6.18 Å². The normalized spacial score (nSPS) is 11.6. The smallest absolute Gasteiger partial charge is 0.258 e. The molecule has 1 aromatic heterocycles. The summed E-state index contributed by atoms with van der Waals surface area (Å²) in [6.45, 7) is 1.49. The lowest BCUT2D eigenvalue weighted by atomic mass is 10.1. The van der Waals surface area contributed by atoms with E-state index < -0.39 is 16.9 Å². The van der Waals surface area contributed by atoms with Gasteiger partial charge < -0.3 is 0 Å². The second-order valence-electron chi connectivity index (χ2n) is 3.73. The van der Waals surface area contributed by atoms with Gasteiger partial charge in [0, 0.05) is 5.56 Å². The van der Waals surface area contributed by atoms with Crippen LogP contribution in [0.15, 0.2) is 18.2 Å². The summed E-state index contributed by atoms with van der Waals surface area (Å²) in [4.78, 5) is 13.5. The van der Waals surface area contributed by atoms with E-state index in [1.54, 1.807) is 5.10 Å². The van der Waals surface area contributed by atoms with E-state index in [1.165, 1.54) is 25.1 Å². The summed E-state index contributed by atoms with van der Waals surface area (Å²) < 4.78 is 37.2. The number of aromatic nitrogens is 3. The van der Waals surface area contributed by atoms with Crippen molar-refractivity contribution in [2.24, 2.45) is 0 Å². The van der Waals surface area contributed by atoms with Crippen molar-refractivity contribution in [1.29, 1.82) is 0 Å². The van der Waals surface area contributed by atoms with Crippen molar-refractivity contribution in [2.45, 2.75) is 13.1 Å². The SMILES string of the molecule is Cc1cccc(-c2n[nH]c(C(F)(F)F)n2)c1[N+](=O)[O-]. The summed E-state index contributed by atoms with van der Waals surface area (Å²) >= 11 is 0. The van der Waals surface area contributed by atoms with Crippen molar-refractivity contribution in [1.82, 2.24) is 15.2 Å². The lowest BCUT2D eigenvalue weighted by Crippen LogP contribution is -2.07. The highest BCUT2D eigenvalue weighted by atomic mass is 19.4. The van der Waals surface area contributed by atoms with Gasteiger partial charge in [-0.15, -0.1) is 0 Å². The van der Waals surface area contributed by atoms with E-state index in [9.17, 15) is 23.3 Å². The van der Waals surface area contributed by atoms with Crippen molar-refractivity contribution >= 4 is 5.69 Å². The first-order chi connectivity index (χ1) is 8.80. The Bertz CT molecular complexity index is 636. The number of alkyl halides is 3. The first kappa shape index (κ1) is 13.0. The van der Waals surface area contributed by atoms with Gasteiger partial charge in [-0.25, -0.2) is 4.98 Å². The molecule has 1 N–H and O–H groups in total. The van der Waals surface area contributed by atoms with Crippen molar-refractivity contribution in [3.8, 4) is 11.4 Å². The van der Waals surface area contributed by atoms with Crippen LogP contribution in [-0.4, -0.2) is 20.1 Å². The quantitative estimate of drug-likeness (QED) is 0.672. The van der Waals surface area contributed by atoms with Crippen LogP contribution in [0.5, 0.6) is 0 Å². The van der Waals surface area contributed by atoms with Crippen molar-refractivity contribution in [2.75, 3.05) is 0 Å². The number of halogens is 3. The van der Waals surface area contributed by atoms with Crippen LogP contribution in [0.1, 0.15) is 11.4 Å². The molecule has 0 unspecified atom stereocenters. The molecule has 0 aliphatic rings. The van der Waals surface area contributed by atoms with Gasteiger partial charge in [0.15, 0.2) is 5.82 Å². The summed E-state index contributed by atoms with van der Waals surface area (Å²) in [6, 6.07) is 4.27. The first-order valence-corrected chi connectivity index (χ1v) is 5.04. The second-order valence-corrected chi connectivity index (χ2v) is 3.73. The lowest BCUT2D eigenvalue weighted by Gasteiger charge is -2.01. The topological polar surface area (TPSA) is 84.7 Å². The van der Waals surface area contributed by atoms with Crippen LogP contribution in [0, 0.1) is 17.0 Å². The first-order valence-electron chi connectivity index (χ1n) is 5.04. The number of H-pyrrole nitrogens is 1. The van der Waals surface area contributed by atoms with Gasteiger partial charge in [-0.05, 0) is 13.0 Å². The second kappa shape index (κ2) is 4.34. The molecular formula is C10H7F3N4O2. The molecule has 100 valence electrons. The molecule has 0 spiro atoms. The molecule has 0 bridgehead atoms. The molecule has 0 radical (unpaired) electrons. The summed E-state index contributed by atoms with van der Waals surface area (Å²) in [5.41, 5.74) is -0.0483. The Labute approximate surface area is 104 Å². The Morgan fingerprint density at radius 2 is 2.05 bits per heavy atom. The van der Waals surface area contributed by atoms with Crippen molar-refractivity contribution in [3.05, 3.63) is 39.7 Å². The van der Waals surface area contributed by atoms with Crippen LogP contribution in [0.3, 0.4) is 0 Å².